The minimum atomic E-state index is -4.36. The fraction of sp³-hybridized carbons (Fsp3) is 0.250. The first-order chi connectivity index (χ1) is 13.4. The van der Waals surface area contributed by atoms with Gasteiger partial charge in [0.1, 0.15) is 0 Å². The van der Waals surface area contributed by atoms with E-state index < -0.39 is 17.7 Å². The fourth-order valence-electron chi connectivity index (χ4n) is 3.22. The number of fused-ring (bicyclic) bond motifs is 1. The van der Waals surface area contributed by atoms with Crippen molar-refractivity contribution in [3.8, 4) is 11.4 Å². The van der Waals surface area contributed by atoms with Crippen LogP contribution in [0.3, 0.4) is 0 Å². The maximum absolute atomic E-state index is 12.9. The van der Waals surface area contributed by atoms with Gasteiger partial charge in [0.05, 0.1) is 11.3 Å². The lowest BCUT2D eigenvalue weighted by Gasteiger charge is -2.28. The van der Waals surface area contributed by atoms with Crippen molar-refractivity contribution >= 4 is 0 Å². The molecule has 4 rings (SSSR count). The highest BCUT2D eigenvalue weighted by atomic mass is 19.4. The Morgan fingerprint density at radius 2 is 1.75 bits per heavy atom. The Hall–Kier alpha value is -2.87. The third-order valence-corrected chi connectivity index (χ3v) is 4.68. The first kappa shape index (κ1) is 18.5. The van der Waals surface area contributed by atoms with Crippen LogP contribution in [0.25, 0.3) is 11.4 Å². The van der Waals surface area contributed by atoms with E-state index in [0.29, 0.717) is 30.9 Å². The van der Waals surface area contributed by atoms with E-state index in [2.05, 4.69) is 19.9 Å². The molecule has 0 fully saturated rings. The van der Waals surface area contributed by atoms with E-state index >= 15 is 0 Å². The number of hydrogen-bond donors (Lipinski definition) is 0. The highest BCUT2D eigenvalue weighted by Crippen LogP contribution is 2.30. The smallest absolute Gasteiger partial charge is 0.294 e. The van der Waals surface area contributed by atoms with Crippen molar-refractivity contribution in [3.05, 3.63) is 77.1 Å². The monoisotopic (exact) mass is 388 g/mol. The first-order valence-electron chi connectivity index (χ1n) is 8.74. The molecule has 1 aliphatic rings. The molecule has 0 saturated heterocycles. The van der Waals surface area contributed by atoms with Gasteiger partial charge in [0.15, 0.2) is 5.82 Å². The van der Waals surface area contributed by atoms with Crippen LogP contribution < -0.4 is 0 Å². The molecule has 1 aliphatic heterocycles. The van der Waals surface area contributed by atoms with Gasteiger partial charge in [-0.25, -0.2) is 15.0 Å². The maximum atomic E-state index is 12.9. The second kappa shape index (κ2) is 7.27. The van der Waals surface area contributed by atoms with Crippen LogP contribution in [0.2, 0.25) is 0 Å². The highest BCUT2D eigenvalue weighted by Gasteiger charge is 2.30. The molecule has 0 bridgehead atoms. The molecule has 8 heteroatoms. The van der Waals surface area contributed by atoms with Gasteiger partial charge in [-0.1, -0.05) is 18.2 Å². The Morgan fingerprint density at radius 3 is 2.43 bits per heavy atom. The molecule has 1 aromatic carbocycles. The molecule has 0 radical (unpaired) electrons. The quantitative estimate of drug-likeness (QED) is 0.497. The molecule has 0 aliphatic carbocycles. The highest BCUT2D eigenvalue weighted by molar-refractivity contribution is 5.56. The second-order valence-corrected chi connectivity index (χ2v) is 6.69. The van der Waals surface area contributed by atoms with E-state index in [1.165, 1.54) is 24.4 Å². The number of halogens is 4. The Labute approximate surface area is 158 Å². The second-order valence-electron chi connectivity index (χ2n) is 6.69. The number of rotatable bonds is 3. The summed E-state index contributed by atoms with van der Waals surface area (Å²) in [5.41, 5.74) is 2.67. The van der Waals surface area contributed by atoms with E-state index in [0.717, 1.165) is 35.5 Å². The van der Waals surface area contributed by atoms with E-state index in [9.17, 15) is 17.6 Å². The SMILES string of the molecule is Fc1ccc(CN2CCc3nc(-c4ccc(C(F)(F)F)cc4)ncc3C2)cn1. The van der Waals surface area contributed by atoms with Crippen molar-refractivity contribution in [2.24, 2.45) is 0 Å². The molecule has 0 saturated carbocycles. The molecular formula is C20H16F4N4. The third-order valence-electron chi connectivity index (χ3n) is 4.68. The van der Waals surface area contributed by atoms with Gasteiger partial charge in [-0.15, -0.1) is 0 Å². The Kier molecular flexibility index (Phi) is 4.80. The summed E-state index contributed by atoms with van der Waals surface area (Å²) in [4.78, 5) is 14.7. The average Bonchev–Trinajstić information content (AvgIpc) is 2.69. The van der Waals surface area contributed by atoms with Gasteiger partial charge in [-0.05, 0) is 23.8 Å². The van der Waals surface area contributed by atoms with Gasteiger partial charge in [-0.3, -0.25) is 4.90 Å². The van der Waals surface area contributed by atoms with Crippen LogP contribution in [0.4, 0.5) is 17.6 Å². The molecule has 0 spiro atoms. The lowest BCUT2D eigenvalue weighted by Crippen LogP contribution is -2.31. The number of pyridine rings is 1. The van der Waals surface area contributed by atoms with Crippen molar-refractivity contribution in [3.63, 3.8) is 0 Å². The summed E-state index contributed by atoms with van der Waals surface area (Å²) in [5.74, 6) is -0.0828. The Balaban J connectivity index is 1.49. The molecule has 0 atom stereocenters. The molecule has 144 valence electrons. The minimum absolute atomic E-state index is 0.420. The van der Waals surface area contributed by atoms with Gasteiger partial charge in [0, 0.05) is 49.6 Å². The number of alkyl halides is 3. The van der Waals surface area contributed by atoms with E-state index in [1.807, 2.05) is 0 Å². The lowest BCUT2D eigenvalue weighted by molar-refractivity contribution is -0.137. The van der Waals surface area contributed by atoms with Gasteiger partial charge in [0.25, 0.3) is 0 Å². The van der Waals surface area contributed by atoms with Gasteiger partial charge >= 0.3 is 6.18 Å². The first-order valence-corrected chi connectivity index (χ1v) is 8.74. The molecule has 4 nitrogen and oxygen atoms in total. The van der Waals surface area contributed by atoms with Crippen LogP contribution in [0, 0.1) is 5.95 Å². The van der Waals surface area contributed by atoms with Crippen LogP contribution in [0.5, 0.6) is 0 Å². The van der Waals surface area contributed by atoms with E-state index in [1.54, 1.807) is 12.3 Å². The minimum Gasteiger partial charge on any atom is -0.294 e. The molecule has 3 aromatic rings. The summed E-state index contributed by atoms with van der Waals surface area (Å²) in [6.07, 6.45) is -0.404. The Morgan fingerprint density at radius 1 is 0.964 bits per heavy atom. The predicted molar refractivity (Wildman–Crippen MR) is 94.5 cm³/mol. The van der Waals surface area contributed by atoms with Crippen LogP contribution >= 0.6 is 0 Å². The summed E-state index contributed by atoms with van der Waals surface area (Å²) >= 11 is 0. The van der Waals surface area contributed by atoms with Gasteiger partial charge in [-0.2, -0.15) is 17.6 Å². The van der Waals surface area contributed by atoms with Crippen molar-refractivity contribution in [2.75, 3.05) is 6.54 Å². The van der Waals surface area contributed by atoms with Crippen LogP contribution in [-0.2, 0) is 25.7 Å². The topological polar surface area (TPSA) is 41.9 Å². The lowest BCUT2D eigenvalue weighted by atomic mass is 10.1. The number of hydrogen-bond acceptors (Lipinski definition) is 4. The summed E-state index contributed by atoms with van der Waals surface area (Å²) in [5, 5.41) is 0. The average molecular weight is 388 g/mol. The number of aromatic nitrogens is 3. The number of benzene rings is 1. The summed E-state index contributed by atoms with van der Waals surface area (Å²) in [6.45, 7) is 2.07. The zero-order valence-corrected chi connectivity index (χ0v) is 14.7. The largest absolute Gasteiger partial charge is 0.416 e. The molecule has 3 heterocycles. The third kappa shape index (κ3) is 4.01. The summed E-state index contributed by atoms with van der Waals surface area (Å²) < 4.78 is 51.0. The molecule has 2 aromatic heterocycles. The van der Waals surface area contributed by atoms with Crippen molar-refractivity contribution in [1.29, 1.82) is 0 Å². The van der Waals surface area contributed by atoms with Crippen molar-refractivity contribution < 1.29 is 17.6 Å². The van der Waals surface area contributed by atoms with Crippen LogP contribution in [0.1, 0.15) is 22.4 Å². The molecule has 28 heavy (non-hydrogen) atoms. The molecule has 0 unspecified atom stereocenters. The zero-order chi connectivity index (χ0) is 19.7. The normalized spacial score (nSPS) is 14.7. The standard InChI is InChI=1S/C20H16F4N4/c21-18-6-1-13(9-25-18)11-28-8-7-17-15(12-28)10-26-19(27-17)14-2-4-16(5-3-14)20(22,23)24/h1-6,9-10H,7-8,11-12H2. The number of nitrogens with zero attached hydrogens (tertiary/aromatic N) is 4. The van der Waals surface area contributed by atoms with Crippen LogP contribution in [-0.4, -0.2) is 26.4 Å². The molecule has 0 amide bonds. The molecule has 0 N–H and O–H groups in total. The molecular weight excluding hydrogens is 372 g/mol. The zero-order valence-electron chi connectivity index (χ0n) is 14.7. The van der Waals surface area contributed by atoms with E-state index in [4.69, 9.17) is 0 Å². The van der Waals surface area contributed by atoms with Gasteiger partial charge < -0.3 is 0 Å². The van der Waals surface area contributed by atoms with Crippen molar-refractivity contribution in [2.45, 2.75) is 25.7 Å². The van der Waals surface area contributed by atoms with Crippen molar-refractivity contribution in [1.82, 2.24) is 19.9 Å². The van der Waals surface area contributed by atoms with E-state index in [-0.39, 0.29) is 0 Å². The Bertz CT molecular complexity index is 969. The predicted octanol–water partition coefficient (Wildman–Crippen LogP) is 4.25. The summed E-state index contributed by atoms with van der Waals surface area (Å²) in [6, 6.07) is 7.91. The van der Waals surface area contributed by atoms with Crippen LogP contribution in [0.15, 0.2) is 48.8 Å². The fourth-order valence-corrected chi connectivity index (χ4v) is 3.22. The maximum Gasteiger partial charge on any atom is 0.416 e. The van der Waals surface area contributed by atoms with Gasteiger partial charge in [0.2, 0.25) is 5.95 Å². The summed E-state index contributed by atoms with van der Waals surface area (Å²) in [7, 11) is 0.